The van der Waals surface area contributed by atoms with E-state index < -0.39 is 0 Å². The van der Waals surface area contributed by atoms with Gasteiger partial charge in [0.15, 0.2) is 0 Å². The van der Waals surface area contributed by atoms with Gasteiger partial charge in [0.25, 0.3) is 0 Å². The number of thiophene rings is 1. The highest BCUT2D eigenvalue weighted by atomic mass is 32.1. The molecule has 0 aliphatic heterocycles. The summed E-state index contributed by atoms with van der Waals surface area (Å²) in [5, 5.41) is 4.79. The predicted molar refractivity (Wildman–Crippen MR) is 93.9 cm³/mol. The van der Waals surface area contributed by atoms with E-state index >= 15 is 0 Å². The summed E-state index contributed by atoms with van der Waals surface area (Å²) in [5.41, 5.74) is 3.30. The summed E-state index contributed by atoms with van der Waals surface area (Å²) < 4.78 is 0. The summed E-state index contributed by atoms with van der Waals surface area (Å²) in [5.74, 6) is 0. The van der Waals surface area contributed by atoms with Crippen LogP contribution in [0.4, 0.5) is 0 Å². The van der Waals surface area contributed by atoms with Crippen molar-refractivity contribution in [2.24, 2.45) is 0 Å². The Labute approximate surface area is 131 Å². The molecule has 0 nitrogen and oxygen atoms in total. The second-order valence-electron chi connectivity index (χ2n) is 6.10. The van der Waals surface area contributed by atoms with Crippen molar-refractivity contribution in [1.29, 1.82) is 0 Å². The van der Waals surface area contributed by atoms with Gasteiger partial charge in [0, 0.05) is 0 Å². The third-order valence-corrected chi connectivity index (χ3v) is 5.02. The first-order valence-corrected chi connectivity index (χ1v) is 9.86. The van der Waals surface area contributed by atoms with Gasteiger partial charge in [-0.2, -0.15) is 11.3 Å². The molecule has 0 bridgehead atoms. The molecule has 0 amide bonds. The lowest BCUT2D eigenvalue weighted by Crippen LogP contribution is -1.91. The summed E-state index contributed by atoms with van der Waals surface area (Å²) in [6.07, 6.45) is 18.1. The van der Waals surface area contributed by atoms with E-state index in [2.05, 4.69) is 24.6 Å². The van der Waals surface area contributed by atoms with Crippen molar-refractivity contribution in [3.05, 3.63) is 21.9 Å². The van der Waals surface area contributed by atoms with Crippen LogP contribution >= 0.6 is 11.3 Å². The number of aryl methyl sites for hydroxylation is 2. The molecular formula is C19H34S. The maximum absolute atomic E-state index is 2.40. The van der Waals surface area contributed by atoms with Crippen molar-refractivity contribution in [2.45, 2.75) is 97.3 Å². The molecule has 1 aromatic rings. The van der Waals surface area contributed by atoms with Crippen molar-refractivity contribution in [2.75, 3.05) is 0 Å². The second kappa shape index (κ2) is 12.4. The van der Waals surface area contributed by atoms with Crippen LogP contribution in [0.5, 0.6) is 0 Å². The Morgan fingerprint density at radius 2 is 1.00 bits per heavy atom. The standard InChI is InChI=1S/C19H34S/c1-3-5-7-9-10-11-13-15-19-17-20-16-18(19)14-12-8-6-4-2/h16-17H,3-15H2,1-2H3. The van der Waals surface area contributed by atoms with Crippen LogP contribution in [0.2, 0.25) is 0 Å². The van der Waals surface area contributed by atoms with Crippen molar-refractivity contribution >= 4 is 11.3 Å². The van der Waals surface area contributed by atoms with Crippen LogP contribution in [-0.4, -0.2) is 0 Å². The highest BCUT2D eigenvalue weighted by Gasteiger charge is 2.03. The molecular weight excluding hydrogens is 260 g/mol. The van der Waals surface area contributed by atoms with Gasteiger partial charge >= 0.3 is 0 Å². The molecule has 0 aromatic carbocycles. The van der Waals surface area contributed by atoms with Crippen LogP contribution in [0, 0.1) is 0 Å². The fourth-order valence-electron chi connectivity index (χ4n) is 2.80. The molecule has 0 spiro atoms. The third kappa shape index (κ3) is 8.09. The molecule has 1 rings (SSSR count). The quantitative estimate of drug-likeness (QED) is 0.338. The molecule has 0 radical (unpaired) electrons. The van der Waals surface area contributed by atoms with Crippen LogP contribution in [0.15, 0.2) is 10.8 Å². The van der Waals surface area contributed by atoms with Crippen LogP contribution < -0.4 is 0 Å². The number of unbranched alkanes of at least 4 members (excludes halogenated alkanes) is 9. The van der Waals surface area contributed by atoms with Crippen molar-refractivity contribution in [1.82, 2.24) is 0 Å². The smallest absolute Gasteiger partial charge is 0.00584 e. The topological polar surface area (TPSA) is 0 Å². The molecule has 1 aromatic heterocycles. The van der Waals surface area contributed by atoms with Gasteiger partial charge in [0.1, 0.15) is 0 Å². The summed E-state index contributed by atoms with van der Waals surface area (Å²) in [6.45, 7) is 4.58. The predicted octanol–water partition coefficient (Wildman–Crippen LogP) is 7.16. The minimum absolute atomic E-state index is 1.31. The fourth-order valence-corrected chi connectivity index (χ4v) is 3.74. The van der Waals surface area contributed by atoms with Gasteiger partial charge in [-0.3, -0.25) is 0 Å². The first-order chi connectivity index (χ1) is 9.88. The van der Waals surface area contributed by atoms with Gasteiger partial charge in [-0.1, -0.05) is 71.6 Å². The summed E-state index contributed by atoms with van der Waals surface area (Å²) in [7, 11) is 0. The maximum Gasteiger partial charge on any atom is -0.00584 e. The number of hydrogen-bond donors (Lipinski definition) is 0. The zero-order chi connectivity index (χ0) is 14.5. The molecule has 0 N–H and O–H groups in total. The number of hydrogen-bond acceptors (Lipinski definition) is 1. The van der Waals surface area contributed by atoms with Crippen LogP contribution in [0.25, 0.3) is 0 Å². The molecule has 0 aliphatic carbocycles. The molecule has 0 saturated heterocycles. The molecule has 0 unspecified atom stereocenters. The molecule has 0 fully saturated rings. The monoisotopic (exact) mass is 294 g/mol. The molecule has 1 heteroatoms. The normalized spacial score (nSPS) is 11.1. The van der Waals surface area contributed by atoms with Gasteiger partial charge in [0.05, 0.1) is 0 Å². The summed E-state index contributed by atoms with van der Waals surface area (Å²) >= 11 is 1.90. The third-order valence-electron chi connectivity index (χ3n) is 4.18. The van der Waals surface area contributed by atoms with Gasteiger partial charge in [0.2, 0.25) is 0 Å². The average molecular weight is 295 g/mol. The van der Waals surface area contributed by atoms with Crippen LogP contribution in [0.1, 0.15) is 95.6 Å². The molecule has 0 atom stereocenters. The zero-order valence-corrected chi connectivity index (χ0v) is 14.6. The molecule has 1 heterocycles. The van der Waals surface area contributed by atoms with Crippen LogP contribution in [0.3, 0.4) is 0 Å². The van der Waals surface area contributed by atoms with Crippen molar-refractivity contribution in [3.63, 3.8) is 0 Å². The Morgan fingerprint density at radius 1 is 0.600 bits per heavy atom. The molecule has 20 heavy (non-hydrogen) atoms. The van der Waals surface area contributed by atoms with E-state index in [1.54, 1.807) is 11.1 Å². The van der Waals surface area contributed by atoms with E-state index in [1.165, 1.54) is 83.5 Å². The lowest BCUT2D eigenvalue weighted by atomic mass is 10.0. The van der Waals surface area contributed by atoms with E-state index in [0.29, 0.717) is 0 Å². The number of rotatable bonds is 13. The maximum atomic E-state index is 2.40. The SMILES string of the molecule is CCCCCCCCCc1cscc1CCCCCC. The van der Waals surface area contributed by atoms with E-state index in [-0.39, 0.29) is 0 Å². The van der Waals surface area contributed by atoms with Crippen molar-refractivity contribution in [3.8, 4) is 0 Å². The molecule has 0 saturated carbocycles. The lowest BCUT2D eigenvalue weighted by molar-refractivity contribution is 0.588. The largest absolute Gasteiger partial charge is 0.152 e. The Kier molecular flexibility index (Phi) is 11.0. The average Bonchev–Trinajstić information content (AvgIpc) is 2.90. The van der Waals surface area contributed by atoms with E-state index in [0.717, 1.165) is 0 Å². The summed E-state index contributed by atoms with van der Waals surface area (Å²) in [4.78, 5) is 0. The van der Waals surface area contributed by atoms with Gasteiger partial charge in [-0.05, 0) is 47.6 Å². The minimum Gasteiger partial charge on any atom is -0.152 e. The Morgan fingerprint density at radius 3 is 1.50 bits per heavy atom. The zero-order valence-electron chi connectivity index (χ0n) is 13.8. The van der Waals surface area contributed by atoms with Crippen molar-refractivity contribution < 1.29 is 0 Å². The first-order valence-electron chi connectivity index (χ1n) is 8.92. The lowest BCUT2D eigenvalue weighted by Gasteiger charge is -2.05. The second-order valence-corrected chi connectivity index (χ2v) is 6.85. The van der Waals surface area contributed by atoms with Gasteiger partial charge in [-0.25, -0.2) is 0 Å². The van der Waals surface area contributed by atoms with E-state index in [9.17, 15) is 0 Å². The highest BCUT2D eigenvalue weighted by Crippen LogP contribution is 2.21. The van der Waals surface area contributed by atoms with E-state index in [4.69, 9.17) is 0 Å². The Hall–Kier alpha value is -0.300. The van der Waals surface area contributed by atoms with E-state index in [1.807, 2.05) is 11.3 Å². The molecule has 116 valence electrons. The van der Waals surface area contributed by atoms with Gasteiger partial charge in [-0.15, -0.1) is 0 Å². The van der Waals surface area contributed by atoms with Gasteiger partial charge < -0.3 is 0 Å². The Bertz CT molecular complexity index is 313. The van der Waals surface area contributed by atoms with Crippen LogP contribution in [-0.2, 0) is 12.8 Å². The molecule has 0 aliphatic rings. The highest BCUT2D eigenvalue weighted by molar-refractivity contribution is 7.08. The first kappa shape index (κ1) is 17.8. The summed E-state index contributed by atoms with van der Waals surface area (Å²) in [6, 6.07) is 0. The minimum atomic E-state index is 1.31. The fraction of sp³-hybridized carbons (Fsp3) is 0.789. The Balaban J connectivity index is 2.09.